The Labute approximate surface area is 622 Å². The van der Waals surface area contributed by atoms with Crippen molar-refractivity contribution in [2.75, 3.05) is 13.2 Å². The number of hydrogen-bond acceptors (Lipinski definition) is 44. The summed E-state index contributed by atoms with van der Waals surface area (Å²) in [5.74, 6) is -51.0. The summed E-state index contributed by atoms with van der Waals surface area (Å²) in [4.78, 5) is 116. The topological polar surface area (TPSA) is 744 Å². The van der Waals surface area contributed by atoms with Gasteiger partial charge in [0.15, 0.2) is 110 Å². The zero-order chi connectivity index (χ0) is 82.6. The number of aliphatic hydroxyl groups is 2. The number of carbonyl (C=O) groups excluding carboxylic acids is 8. The largest absolute Gasteiger partial charge is 0.504 e. The number of esters is 8. The summed E-state index contributed by atoms with van der Waals surface area (Å²) >= 11 is 0. The Morgan fingerprint density at radius 3 is 1.29 bits per heavy atom. The van der Waals surface area contributed by atoms with Crippen LogP contribution in [-0.4, -0.2) is 250 Å². The Balaban J connectivity index is 0.942. The van der Waals surface area contributed by atoms with Gasteiger partial charge in [0.25, 0.3) is 0 Å². The summed E-state index contributed by atoms with van der Waals surface area (Å²) in [6, 6.07) is 4.03. The lowest BCUT2D eigenvalue weighted by Crippen LogP contribution is -2.63. The summed E-state index contributed by atoms with van der Waals surface area (Å²) < 4.78 is 61.6. The molecule has 592 valence electrons. The van der Waals surface area contributed by atoms with Gasteiger partial charge in [-0.25, -0.2) is 33.6 Å². The van der Waals surface area contributed by atoms with Crippen molar-refractivity contribution in [1.82, 2.24) is 0 Å². The smallest absolute Gasteiger partial charge is 0.344 e. The SMILES string of the molecule is CC(=O)O[C@H]1[C@H](OC(=O)c2cc(O)c(O)c(O)c2-c2ccc(O)c(O)c2O)[C@@H](OC(=O)c2cc(O)c(O)c(O)c2Oc2cc(C(=O)O[C@H]3O[C@@H](CO)[C@@H](O)[C@H]4OC(=O)c5cc(O)c(O)c(O)c5-c5c(cc(O)c(O)c5O)C(=O)O[C@H]34)cc(O)c2O)O[C@H]2COC(=O)c3cc(O)c(O)c(O)c3-c3c(cc(O)c(O)c3O)C(=O)O[C@@H]12. The zero-order valence-corrected chi connectivity index (χ0v) is 55.9. The van der Waals surface area contributed by atoms with Gasteiger partial charge in [0.2, 0.25) is 76.5 Å². The van der Waals surface area contributed by atoms with Crippen LogP contribution in [0.1, 0.15) is 79.4 Å². The van der Waals surface area contributed by atoms with E-state index in [1.807, 2.05) is 0 Å². The van der Waals surface area contributed by atoms with Crippen LogP contribution in [0.3, 0.4) is 0 Å². The van der Waals surface area contributed by atoms with Crippen LogP contribution in [0.25, 0.3) is 33.4 Å². The number of aromatic hydroxyl groups is 23. The highest BCUT2D eigenvalue weighted by Gasteiger charge is 2.57. The van der Waals surface area contributed by atoms with E-state index in [1.54, 1.807) is 0 Å². The molecule has 0 radical (unpaired) electrons. The molecule has 25 N–H and O–H groups in total. The van der Waals surface area contributed by atoms with Crippen LogP contribution in [0.5, 0.6) is 144 Å². The molecule has 0 spiro atoms. The van der Waals surface area contributed by atoms with Gasteiger partial charge in [-0.1, -0.05) is 0 Å². The van der Waals surface area contributed by atoms with Crippen molar-refractivity contribution in [2.45, 2.75) is 68.3 Å². The van der Waals surface area contributed by atoms with Crippen LogP contribution in [0, 0.1) is 0 Å². The molecule has 113 heavy (non-hydrogen) atoms. The number of carbonyl (C=O) groups is 8. The van der Waals surface area contributed by atoms with E-state index in [0.717, 1.165) is 0 Å². The lowest BCUT2D eigenvalue weighted by molar-refractivity contribution is -0.286. The average Bonchev–Trinajstić information content (AvgIpc) is 1.01. The summed E-state index contributed by atoms with van der Waals surface area (Å²) in [5.41, 5.74) is -15.0. The van der Waals surface area contributed by atoms with E-state index in [1.165, 1.54) is 0 Å². The van der Waals surface area contributed by atoms with Gasteiger partial charge in [-0.2, -0.15) is 0 Å². The number of ether oxygens (including phenoxy) is 11. The lowest BCUT2D eigenvalue weighted by Gasteiger charge is -2.43. The fourth-order valence-electron chi connectivity index (χ4n) is 12.3. The third-order valence-electron chi connectivity index (χ3n) is 17.7. The Kier molecular flexibility index (Phi) is 19.5. The third kappa shape index (κ3) is 13.1. The zero-order valence-electron chi connectivity index (χ0n) is 55.9. The Hall–Kier alpha value is -15.4. The number of fused-ring (bicyclic) bond motifs is 8. The van der Waals surface area contributed by atoms with Crippen molar-refractivity contribution in [3.8, 4) is 177 Å². The highest BCUT2D eigenvalue weighted by molar-refractivity contribution is 6.11. The lowest BCUT2D eigenvalue weighted by atomic mass is 9.91. The molecule has 8 aromatic rings. The summed E-state index contributed by atoms with van der Waals surface area (Å²) in [7, 11) is 0. The minimum Gasteiger partial charge on any atom is -0.504 e. The van der Waals surface area contributed by atoms with E-state index in [0.29, 0.717) is 61.5 Å². The summed E-state index contributed by atoms with van der Waals surface area (Å²) in [5, 5.41) is 272. The molecule has 2 saturated heterocycles. The van der Waals surface area contributed by atoms with Gasteiger partial charge in [0, 0.05) is 46.4 Å². The second-order valence-corrected chi connectivity index (χ2v) is 24.5. The number of hydrogen-bond donors (Lipinski definition) is 25. The molecule has 0 aromatic heterocycles. The molecule has 2 fully saturated rings. The first-order chi connectivity index (χ1) is 53.2. The molecule has 0 amide bonds. The minimum atomic E-state index is -2.98. The van der Waals surface area contributed by atoms with Gasteiger partial charge >= 0.3 is 47.8 Å². The second kappa shape index (κ2) is 28.6. The number of benzene rings is 8. The molecule has 0 unspecified atom stereocenters. The first-order valence-electron chi connectivity index (χ1n) is 31.5. The van der Waals surface area contributed by atoms with Crippen LogP contribution in [0.15, 0.2) is 60.7 Å². The number of aliphatic hydroxyl groups excluding tert-OH is 2. The van der Waals surface area contributed by atoms with E-state index >= 15 is 9.59 Å². The highest BCUT2D eigenvalue weighted by Crippen LogP contribution is 2.58. The fourth-order valence-corrected chi connectivity index (χ4v) is 12.3. The predicted molar refractivity (Wildman–Crippen MR) is 351 cm³/mol. The maximum Gasteiger partial charge on any atom is 0.344 e. The normalized spacial score (nSPS) is 20.5. The Morgan fingerprint density at radius 2 is 0.796 bits per heavy atom. The molecule has 0 saturated carbocycles. The second-order valence-electron chi connectivity index (χ2n) is 24.5. The molecular weight excluding hydrogens is 1530 g/mol. The van der Waals surface area contributed by atoms with Gasteiger partial charge in [0.05, 0.1) is 40.0 Å². The number of phenolic OH excluding ortho intramolecular Hbond substituents is 23. The summed E-state index contributed by atoms with van der Waals surface area (Å²) in [6.45, 7) is -2.14. The molecular formula is C69H52O44. The molecule has 0 aliphatic carbocycles. The average molecular weight is 1590 g/mol. The molecule has 44 nitrogen and oxygen atoms in total. The van der Waals surface area contributed by atoms with Crippen molar-refractivity contribution >= 4 is 47.8 Å². The van der Waals surface area contributed by atoms with E-state index in [-0.39, 0.29) is 6.07 Å². The van der Waals surface area contributed by atoms with E-state index in [9.17, 15) is 156 Å². The van der Waals surface area contributed by atoms with Gasteiger partial charge < -0.3 is 180 Å². The maximum atomic E-state index is 15.1. The third-order valence-corrected chi connectivity index (χ3v) is 17.7. The van der Waals surface area contributed by atoms with Gasteiger partial charge in [-0.15, -0.1) is 0 Å². The minimum absolute atomic E-state index is 0.177. The molecule has 4 heterocycles. The van der Waals surface area contributed by atoms with Crippen LogP contribution >= 0.6 is 0 Å². The monoisotopic (exact) mass is 1580 g/mol. The van der Waals surface area contributed by atoms with Gasteiger partial charge in [-0.05, 0) is 54.6 Å². The molecule has 4 aliphatic rings. The van der Waals surface area contributed by atoms with Crippen LogP contribution < -0.4 is 4.74 Å². The van der Waals surface area contributed by atoms with E-state index in [2.05, 4.69) is 0 Å². The standard InChI is InChI=1S/C69H52O44/c1-14(71)104-58-56-33(13-103-62(97)18-7-26(75)43(84)50(91)35(18)36-19(64(99)108-56)8-27(76)44(85)51(36)92)107-69(60(58)111-63(98)17-6-25(74)42(83)49(90)34(17)16-2-3-23(72)41(82)39(16)80)113-67(102)22-11-30(79)47(88)54(95)55(22)105-31-5-15(4-24(73)40(31)81)61(96)112-68-59-57(48(89)32(12-70)106-68)109-65(100)20-9-28(77)45(86)52(93)37(20)38-21(66(101)110-59)10-29(78)46(87)53(38)94/h2-11,32-33,48,56-60,68-70,72-95H,12-13H2,1H3/t32-,33-,48+,56+,57+,58+,59-,60-,68+,69+/m0/s1. The van der Waals surface area contributed by atoms with Crippen molar-refractivity contribution in [3.63, 3.8) is 0 Å². The predicted octanol–water partition coefficient (Wildman–Crippen LogP) is 2.14. The van der Waals surface area contributed by atoms with E-state index < -0.39 is 338 Å². The Morgan fingerprint density at radius 1 is 0.381 bits per heavy atom. The first kappa shape index (κ1) is 77.2. The van der Waals surface area contributed by atoms with Crippen molar-refractivity contribution in [3.05, 3.63) is 99.6 Å². The van der Waals surface area contributed by atoms with Crippen molar-refractivity contribution in [1.29, 1.82) is 0 Å². The molecule has 8 aromatic carbocycles. The first-order valence-corrected chi connectivity index (χ1v) is 31.5. The summed E-state index contributed by atoms with van der Waals surface area (Å²) in [6.07, 6.45) is -25.6. The molecule has 10 atom stereocenters. The quantitative estimate of drug-likeness (QED) is 0.0501. The van der Waals surface area contributed by atoms with Gasteiger partial charge in [-0.3, -0.25) is 4.79 Å². The molecule has 44 heteroatoms. The highest BCUT2D eigenvalue weighted by atomic mass is 16.8. The van der Waals surface area contributed by atoms with Gasteiger partial charge in [0.1, 0.15) is 30.5 Å². The molecule has 0 bridgehead atoms. The number of phenols is 23. The Bertz CT molecular complexity index is 5450. The van der Waals surface area contributed by atoms with Crippen LogP contribution in [-0.2, 0) is 52.2 Å². The van der Waals surface area contributed by atoms with Crippen LogP contribution in [0.2, 0.25) is 0 Å². The van der Waals surface area contributed by atoms with E-state index in [4.69, 9.17) is 52.1 Å². The fraction of sp³-hybridized carbons (Fsp3) is 0.188. The van der Waals surface area contributed by atoms with Crippen LogP contribution in [0.4, 0.5) is 0 Å². The maximum absolute atomic E-state index is 15.1. The van der Waals surface area contributed by atoms with Crippen molar-refractivity contribution in [2.24, 2.45) is 0 Å². The number of cyclic esters (lactones) is 1. The molecule has 12 rings (SSSR count). The van der Waals surface area contributed by atoms with Crippen molar-refractivity contribution < 1.29 is 218 Å². The molecule has 4 aliphatic heterocycles. The number of rotatable bonds is 11.